The molecule has 3 aromatic rings. The van der Waals surface area contributed by atoms with Crippen LogP contribution >= 0.6 is 0 Å². The van der Waals surface area contributed by atoms with Gasteiger partial charge in [-0.3, -0.25) is 23.6 Å². The van der Waals surface area contributed by atoms with E-state index in [-0.39, 0.29) is 37.1 Å². The predicted molar refractivity (Wildman–Crippen MR) is 151 cm³/mol. The van der Waals surface area contributed by atoms with E-state index in [0.29, 0.717) is 48.5 Å². The summed E-state index contributed by atoms with van der Waals surface area (Å²) in [5.41, 5.74) is 2.43. The van der Waals surface area contributed by atoms with E-state index in [9.17, 15) is 19.2 Å². The number of nitrogens with one attached hydrogen (secondary N) is 1. The molecule has 5 rings (SSSR count). The van der Waals surface area contributed by atoms with Gasteiger partial charge in [-0.15, -0.1) is 0 Å². The number of hydrogen-bond donors (Lipinski definition) is 1. The second-order valence-corrected chi connectivity index (χ2v) is 10.3. The average molecular weight is 566 g/mol. The highest BCUT2D eigenvalue weighted by molar-refractivity contribution is 6.01. The van der Waals surface area contributed by atoms with E-state index in [2.05, 4.69) is 10.2 Å². The Morgan fingerprint density at radius 2 is 1.68 bits per heavy atom. The zero-order chi connectivity index (χ0) is 29.3. The van der Waals surface area contributed by atoms with E-state index in [1.165, 1.54) is 21.1 Å². The van der Waals surface area contributed by atoms with Gasteiger partial charge in [0.2, 0.25) is 5.91 Å². The molecule has 2 fully saturated rings. The molecule has 2 aliphatic heterocycles. The lowest BCUT2D eigenvalue weighted by Gasteiger charge is -2.34. The Morgan fingerprint density at radius 3 is 2.32 bits per heavy atom. The van der Waals surface area contributed by atoms with Crippen molar-refractivity contribution in [1.82, 2.24) is 19.4 Å². The van der Waals surface area contributed by atoms with Crippen LogP contribution in [-0.2, 0) is 27.9 Å². The van der Waals surface area contributed by atoms with Gasteiger partial charge in [0.25, 0.3) is 5.91 Å². The molecule has 12 heteroatoms. The van der Waals surface area contributed by atoms with E-state index in [0.717, 1.165) is 11.3 Å². The van der Waals surface area contributed by atoms with Crippen molar-refractivity contribution in [1.29, 1.82) is 0 Å². The molecule has 2 aliphatic rings. The van der Waals surface area contributed by atoms with Crippen molar-refractivity contribution in [2.24, 2.45) is 7.05 Å². The van der Waals surface area contributed by atoms with E-state index >= 15 is 0 Å². The summed E-state index contributed by atoms with van der Waals surface area (Å²) < 4.78 is 19.4. The molecule has 3 heterocycles. The molecule has 3 amide bonds. The molecule has 2 aromatic carbocycles. The Bertz CT molecular complexity index is 1520. The Kier molecular flexibility index (Phi) is 7.91. The van der Waals surface area contributed by atoms with Crippen molar-refractivity contribution in [2.75, 3.05) is 39.3 Å². The molecule has 12 nitrogen and oxygen atoms in total. The maximum Gasteiger partial charge on any atom is 0.407 e. The van der Waals surface area contributed by atoms with Crippen LogP contribution in [0.1, 0.15) is 37.3 Å². The molecule has 0 bridgehead atoms. The van der Waals surface area contributed by atoms with Crippen molar-refractivity contribution < 1.29 is 28.6 Å². The summed E-state index contributed by atoms with van der Waals surface area (Å²) in [6, 6.07) is 9.96. The number of carbonyl (C=O) groups is 3. The van der Waals surface area contributed by atoms with Gasteiger partial charge in [0.1, 0.15) is 29.3 Å². The molecule has 41 heavy (non-hydrogen) atoms. The number of carbonyl (C=O) groups excluding carboxylic acids is 3. The van der Waals surface area contributed by atoms with Gasteiger partial charge >= 0.3 is 11.8 Å². The first kappa shape index (κ1) is 28.1. The molecular weight excluding hydrogens is 530 g/mol. The van der Waals surface area contributed by atoms with Crippen molar-refractivity contribution in [3.63, 3.8) is 0 Å². The summed E-state index contributed by atoms with van der Waals surface area (Å²) in [4.78, 5) is 55.4. The Hall–Kier alpha value is -4.48. The molecule has 2 saturated heterocycles. The number of imide groups is 1. The lowest BCUT2D eigenvalue weighted by molar-refractivity contribution is -0.151. The quantitative estimate of drug-likeness (QED) is 0.434. The highest BCUT2D eigenvalue weighted by atomic mass is 16.6. The number of rotatable bonds is 7. The monoisotopic (exact) mass is 565 g/mol. The number of alkyl carbamates (subject to hydrolysis) is 1. The van der Waals surface area contributed by atoms with Crippen LogP contribution in [0, 0.1) is 0 Å². The number of piperidine rings is 2. The molecule has 0 spiro atoms. The molecule has 218 valence electrons. The fraction of sp³-hybridized carbons (Fsp3) is 0.448. The first-order valence-electron chi connectivity index (χ1n) is 13.7. The molecule has 1 unspecified atom stereocenters. The number of nitrogens with zero attached hydrogens (tertiary/aromatic N) is 4. The standard InChI is InChI=1S/C29H35N5O7/c1-30-28(37)41-20-13-15-32(16-14-20)26-23(40-4)11-9-21-25(26)31(2)29(38)34(21)22-10-12-24(35)33(27(22)36)17-18-5-7-19(39-3)8-6-18/h5-9,11,20,22H,10,12-17H2,1-4H3,(H,30,37). The second-order valence-electron chi connectivity index (χ2n) is 10.3. The SMILES string of the molecule is CNC(=O)OC1CCN(c2c(OC)ccc3c2n(C)c(=O)n3C2CCC(=O)N(Cc3ccc(OC)cc3)C2=O)CC1. The van der Waals surface area contributed by atoms with Crippen LogP contribution in [0.2, 0.25) is 0 Å². The van der Waals surface area contributed by atoms with Gasteiger partial charge in [-0.25, -0.2) is 9.59 Å². The number of likely N-dealkylation sites (tertiary alicyclic amines) is 1. The lowest BCUT2D eigenvalue weighted by atomic mass is 10.0. The van der Waals surface area contributed by atoms with Crippen LogP contribution in [-0.4, -0.2) is 72.4 Å². The van der Waals surface area contributed by atoms with Crippen molar-refractivity contribution in [2.45, 2.75) is 44.4 Å². The Labute approximate surface area is 237 Å². The molecule has 1 atom stereocenters. The van der Waals surface area contributed by atoms with Crippen molar-refractivity contribution in [3.05, 3.63) is 52.4 Å². The van der Waals surface area contributed by atoms with Gasteiger partial charge in [0, 0.05) is 46.4 Å². The minimum atomic E-state index is -0.824. The van der Waals surface area contributed by atoms with E-state index in [4.69, 9.17) is 14.2 Å². The number of anilines is 1. The molecule has 1 aromatic heterocycles. The summed E-state index contributed by atoms with van der Waals surface area (Å²) in [6.07, 6.45) is 0.950. The summed E-state index contributed by atoms with van der Waals surface area (Å²) in [7, 11) is 6.36. The molecule has 0 aliphatic carbocycles. The summed E-state index contributed by atoms with van der Waals surface area (Å²) >= 11 is 0. The molecule has 0 saturated carbocycles. The minimum Gasteiger partial charge on any atom is -0.497 e. The van der Waals surface area contributed by atoms with E-state index < -0.39 is 18.0 Å². The smallest absolute Gasteiger partial charge is 0.407 e. The van der Waals surface area contributed by atoms with Gasteiger partial charge in [0.15, 0.2) is 0 Å². The normalized spacial score (nSPS) is 18.1. The third-order valence-electron chi connectivity index (χ3n) is 7.93. The number of imidazole rings is 1. The van der Waals surface area contributed by atoms with Crippen LogP contribution < -0.4 is 25.4 Å². The number of aryl methyl sites for hydroxylation is 1. The first-order chi connectivity index (χ1) is 19.8. The summed E-state index contributed by atoms with van der Waals surface area (Å²) in [5, 5.41) is 2.48. The average Bonchev–Trinajstić information content (AvgIpc) is 3.24. The highest BCUT2D eigenvalue weighted by Crippen LogP contribution is 2.39. The second kappa shape index (κ2) is 11.6. The molecule has 1 N–H and O–H groups in total. The van der Waals surface area contributed by atoms with E-state index in [1.54, 1.807) is 45.5 Å². The van der Waals surface area contributed by atoms with Crippen LogP contribution in [0.4, 0.5) is 10.5 Å². The highest BCUT2D eigenvalue weighted by Gasteiger charge is 2.38. The summed E-state index contributed by atoms with van der Waals surface area (Å²) in [6.45, 7) is 1.29. The number of hydrogen-bond acceptors (Lipinski definition) is 8. The third kappa shape index (κ3) is 5.21. The zero-order valence-corrected chi connectivity index (χ0v) is 23.7. The van der Waals surface area contributed by atoms with Crippen LogP contribution in [0.25, 0.3) is 11.0 Å². The first-order valence-corrected chi connectivity index (χ1v) is 13.7. The zero-order valence-electron chi connectivity index (χ0n) is 23.7. The molecule has 0 radical (unpaired) electrons. The Morgan fingerprint density at radius 1 is 0.976 bits per heavy atom. The van der Waals surface area contributed by atoms with Gasteiger partial charge in [-0.1, -0.05) is 12.1 Å². The number of benzene rings is 2. The van der Waals surface area contributed by atoms with Crippen molar-refractivity contribution in [3.8, 4) is 11.5 Å². The van der Waals surface area contributed by atoms with Gasteiger partial charge < -0.3 is 24.4 Å². The summed E-state index contributed by atoms with van der Waals surface area (Å²) in [5.74, 6) is 0.609. The molecular formula is C29H35N5O7. The number of ether oxygens (including phenoxy) is 3. The fourth-order valence-electron chi connectivity index (χ4n) is 5.76. The van der Waals surface area contributed by atoms with Gasteiger partial charge in [-0.2, -0.15) is 0 Å². The number of fused-ring (bicyclic) bond motifs is 1. The third-order valence-corrected chi connectivity index (χ3v) is 7.93. The number of methoxy groups -OCH3 is 2. The maximum absolute atomic E-state index is 13.8. The largest absolute Gasteiger partial charge is 0.497 e. The van der Waals surface area contributed by atoms with Crippen LogP contribution in [0.5, 0.6) is 11.5 Å². The fourth-order valence-corrected chi connectivity index (χ4v) is 5.76. The van der Waals surface area contributed by atoms with Crippen LogP contribution in [0.15, 0.2) is 41.2 Å². The minimum absolute atomic E-state index is 0.115. The lowest BCUT2D eigenvalue weighted by Crippen LogP contribution is -2.47. The maximum atomic E-state index is 13.8. The Balaban J connectivity index is 1.48. The van der Waals surface area contributed by atoms with Crippen molar-refractivity contribution >= 4 is 34.6 Å². The predicted octanol–water partition coefficient (Wildman–Crippen LogP) is 2.57. The number of amides is 3. The number of aromatic nitrogens is 2. The topological polar surface area (TPSA) is 124 Å². The van der Waals surface area contributed by atoms with Crippen LogP contribution in [0.3, 0.4) is 0 Å². The van der Waals surface area contributed by atoms with Gasteiger partial charge in [0.05, 0.1) is 31.8 Å². The van der Waals surface area contributed by atoms with E-state index in [1.807, 2.05) is 12.1 Å². The van der Waals surface area contributed by atoms with Gasteiger partial charge in [-0.05, 0) is 36.2 Å².